The molecule has 1 aromatic rings. The minimum atomic E-state index is 0.334. The van der Waals surface area contributed by atoms with Gasteiger partial charge in [-0.05, 0) is 75.7 Å². The summed E-state index contributed by atoms with van der Waals surface area (Å²) in [4.78, 5) is 2.58. The Balaban J connectivity index is 1.71. The van der Waals surface area contributed by atoms with Gasteiger partial charge in [0.2, 0.25) is 0 Å². The molecule has 1 fully saturated rings. The first-order chi connectivity index (χ1) is 10.3. The van der Waals surface area contributed by atoms with Crippen molar-refractivity contribution in [3.63, 3.8) is 0 Å². The number of unbranched alkanes of at least 4 members (excludes halogenated alkanes) is 2. The lowest BCUT2D eigenvalue weighted by Crippen LogP contribution is -2.35. The number of rotatable bonds is 8. The second-order valence-corrected chi connectivity index (χ2v) is 6.09. The maximum absolute atomic E-state index is 8.80. The Morgan fingerprint density at radius 1 is 1.14 bits per heavy atom. The highest BCUT2D eigenvalue weighted by molar-refractivity contribution is 5.33. The number of hydrogen-bond donors (Lipinski definition) is 1. The number of aliphatic hydroxyl groups is 1. The first-order valence-corrected chi connectivity index (χ1v) is 8.28. The van der Waals surface area contributed by atoms with Crippen molar-refractivity contribution >= 4 is 0 Å². The quantitative estimate of drug-likeness (QED) is 0.747. The van der Waals surface area contributed by atoms with Crippen LogP contribution in [0.25, 0.3) is 0 Å². The van der Waals surface area contributed by atoms with Crippen molar-refractivity contribution in [2.24, 2.45) is 5.92 Å². The summed E-state index contributed by atoms with van der Waals surface area (Å²) in [7, 11) is 1.76. The zero-order valence-electron chi connectivity index (χ0n) is 13.3. The molecule has 0 bridgehead atoms. The summed E-state index contributed by atoms with van der Waals surface area (Å²) in [5, 5.41) is 8.80. The number of nitrogens with zero attached hydrogens (tertiary/aromatic N) is 1. The Bertz CT molecular complexity index is 400. The van der Waals surface area contributed by atoms with Crippen LogP contribution in [0.1, 0.15) is 37.7 Å². The fourth-order valence-electron chi connectivity index (χ4n) is 3.22. The van der Waals surface area contributed by atoms with Crippen molar-refractivity contribution < 1.29 is 9.84 Å². The number of benzene rings is 1. The summed E-state index contributed by atoms with van der Waals surface area (Å²) in [5.74, 6) is 1.82. The van der Waals surface area contributed by atoms with E-state index in [0.29, 0.717) is 6.61 Å². The minimum Gasteiger partial charge on any atom is -0.496 e. The van der Waals surface area contributed by atoms with E-state index in [9.17, 15) is 0 Å². The lowest BCUT2D eigenvalue weighted by molar-refractivity contribution is 0.178. The van der Waals surface area contributed by atoms with E-state index in [4.69, 9.17) is 9.84 Å². The SMILES string of the molecule is COc1ccccc1CC1CCN(CCCCCO)CC1. The van der Waals surface area contributed by atoms with E-state index in [1.54, 1.807) is 7.11 Å². The maximum atomic E-state index is 8.80. The fourth-order valence-corrected chi connectivity index (χ4v) is 3.22. The number of aliphatic hydroxyl groups excluding tert-OH is 1. The van der Waals surface area contributed by atoms with Gasteiger partial charge in [0.15, 0.2) is 0 Å². The van der Waals surface area contributed by atoms with Crippen molar-refractivity contribution in [3.05, 3.63) is 29.8 Å². The zero-order valence-corrected chi connectivity index (χ0v) is 13.3. The molecule has 0 amide bonds. The van der Waals surface area contributed by atoms with Crippen molar-refractivity contribution in [2.45, 2.75) is 38.5 Å². The summed E-state index contributed by atoms with van der Waals surface area (Å²) in [5.41, 5.74) is 1.35. The van der Waals surface area contributed by atoms with Crippen molar-refractivity contribution in [2.75, 3.05) is 33.4 Å². The number of likely N-dealkylation sites (tertiary alicyclic amines) is 1. The Hall–Kier alpha value is -1.06. The first-order valence-electron chi connectivity index (χ1n) is 8.28. The largest absolute Gasteiger partial charge is 0.496 e. The highest BCUT2D eigenvalue weighted by atomic mass is 16.5. The molecule has 3 heteroatoms. The average molecular weight is 291 g/mol. The number of piperidine rings is 1. The molecule has 0 aliphatic carbocycles. The van der Waals surface area contributed by atoms with Crippen molar-refractivity contribution in [1.82, 2.24) is 4.90 Å². The maximum Gasteiger partial charge on any atom is 0.122 e. The third-order valence-electron chi connectivity index (χ3n) is 4.54. The minimum absolute atomic E-state index is 0.334. The van der Waals surface area contributed by atoms with E-state index < -0.39 is 0 Å². The molecule has 1 aliphatic heterocycles. The van der Waals surface area contributed by atoms with Crippen LogP contribution in [0, 0.1) is 5.92 Å². The van der Waals surface area contributed by atoms with E-state index in [1.807, 2.05) is 6.07 Å². The highest BCUT2D eigenvalue weighted by Crippen LogP contribution is 2.26. The van der Waals surface area contributed by atoms with Gasteiger partial charge in [0, 0.05) is 6.61 Å². The molecule has 0 radical (unpaired) electrons. The van der Waals surface area contributed by atoms with Gasteiger partial charge in [0.1, 0.15) is 5.75 Å². The molecule has 21 heavy (non-hydrogen) atoms. The van der Waals surface area contributed by atoms with Gasteiger partial charge in [-0.25, -0.2) is 0 Å². The Morgan fingerprint density at radius 2 is 1.90 bits per heavy atom. The molecule has 0 spiro atoms. The van der Waals surface area contributed by atoms with Crippen LogP contribution in [0.2, 0.25) is 0 Å². The van der Waals surface area contributed by atoms with Crippen molar-refractivity contribution in [3.8, 4) is 5.75 Å². The molecule has 1 heterocycles. The molecule has 0 atom stereocenters. The van der Waals surface area contributed by atoms with Gasteiger partial charge in [-0.3, -0.25) is 0 Å². The summed E-state index contributed by atoms with van der Waals surface area (Å²) in [6, 6.07) is 8.40. The van der Waals surface area contributed by atoms with Gasteiger partial charge in [-0.2, -0.15) is 0 Å². The zero-order chi connectivity index (χ0) is 14.9. The number of methoxy groups -OCH3 is 1. The van der Waals surface area contributed by atoms with E-state index in [2.05, 4.69) is 23.1 Å². The molecule has 0 aromatic heterocycles. The number of ether oxygens (including phenoxy) is 1. The molecule has 1 aliphatic rings. The monoisotopic (exact) mass is 291 g/mol. The standard InChI is InChI=1S/C18H29NO2/c1-21-18-8-4-3-7-17(18)15-16-9-12-19(13-10-16)11-5-2-6-14-20/h3-4,7-8,16,20H,2,5-6,9-15H2,1H3. The Labute approximate surface area is 128 Å². The molecule has 2 rings (SSSR count). The van der Waals surface area contributed by atoms with Crippen LogP contribution >= 0.6 is 0 Å². The summed E-state index contributed by atoms with van der Waals surface area (Å²) >= 11 is 0. The van der Waals surface area contributed by atoms with Crippen LogP contribution in [0.4, 0.5) is 0 Å². The van der Waals surface area contributed by atoms with E-state index in [1.165, 1.54) is 44.5 Å². The fraction of sp³-hybridized carbons (Fsp3) is 0.667. The van der Waals surface area contributed by atoms with Crippen LogP contribution in [-0.4, -0.2) is 43.4 Å². The number of hydrogen-bond acceptors (Lipinski definition) is 3. The Morgan fingerprint density at radius 3 is 2.62 bits per heavy atom. The second kappa shape index (κ2) is 9.06. The van der Waals surface area contributed by atoms with Gasteiger partial charge in [-0.1, -0.05) is 18.2 Å². The van der Waals surface area contributed by atoms with E-state index >= 15 is 0 Å². The van der Waals surface area contributed by atoms with Crippen LogP contribution < -0.4 is 4.74 Å². The van der Waals surface area contributed by atoms with E-state index in [-0.39, 0.29) is 0 Å². The number of para-hydroxylation sites is 1. The Kier molecular flexibility index (Phi) is 7.04. The molecular weight excluding hydrogens is 262 g/mol. The molecule has 0 unspecified atom stereocenters. The first kappa shape index (κ1) is 16.3. The van der Waals surface area contributed by atoms with Crippen LogP contribution in [0.3, 0.4) is 0 Å². The van der Waals surface area contributed by atoms with E-state index in [0.717, 1.165) is 30.9 Å². The van der Waals surface area contributed by atoms with Crippen LogP contribution in [-0.2, 0) is 6.42 Å². The smallest absolute Gasteiger partial charge is 0.122 e. The van der Waals surface area contributed by atoms with Gasteiger partial charge < -0.3 is 14.7 Å². The van der Waals surface area contributed by atoms with Crippen molar-refractivity contribution in [1.29, 1.82) is 0 Å². The predicted molar refractivity (Wildman–Crippen MR) is 86.8 cm³/mol. The molecule has 1 N–H and O–H groups in total. The van der Waals surface area contributed by atoms with Gasteiger partial charge in [-0.15, -0.1) is 0 Å². The summed E-state index contributed by atoms with van der Waals surface area (Å²) in [6.45, 7) is 3.97. The summed E-state index contributed by atoms with van der Waals surface area (Å²) in [6.07, 6.45) is 7.04. The van der Waals surface area contributed by atoms with Crippen LogP contribution in [0.15, 0.2) is 24.3 Å². The third-order valence-corrected chi connectivity index (χ3v) is 4.54. The summed E-state index contributed by atoms with van der Waals surface area (Å²) < 4.78 is 5.45. The lowest BCUT2D eigenvalue weighted by Gasteiger charge is -2.32. The highest BCUT2D eigenvalue weighted by Gasteiger charge is 2.20. The molecule has 0 saturated carbocycles. The van der Waals surface area contributed by atoms with Gasteiger partial charge in [0.05, 0.1) is 7.11 Å². The van der Waals surface area contributed by atoms with Gasteiger partial charge >= 0.3 is 0 Å². The average Bonchev–Trinajstić information content (AvgIpc) is 2.54. The predicted octanol–water partition coefficient (Wildman–Crippen LogP) is 3.11. The lowest BCUT2D eigenvalue weighted by atomic mass is 9.89. The molecular formula is C18H29NO2. The normalized spacial score (nSPS) is 17.0. The molecule has 3 nitrogen and oxygen atoms in total. The second-order valence-electron chi connectivity index (χ2n) is 6.09. The van der Waals surface area contributed by atoms with Crippen LogP contribution in [0.5, 0.6) is 5.75 Å². The van der Waals surface area contributed by atoms with Gasteiger partial charge in [0.25, 0.3) is 0 Å². The third kappa shape index (κ3) is 5.33. The topological polar surface area (TPSA) is 32.7 Å². The molecule has 1 saturated heterocycles. The molecule has 1 aromatic carbocycles. The molecule has 118 valence electrons.